The van der Waals surface area contributed by atoms with Gasteiger partial charge in [0.1, 0.15) is 12.1 Å². The van der Waals surface area contributed by atoms with Crippen LogP contribution in [-0.2, 0) is 10.0 Å². The van der Waals surface area contributed by atoms with Crippen LogP contribution in [0.4, 0.5) is 4.39 Å². The van der Waals surface area contributed by atoms with Crippen molar-refractivity contribution in [3.63, 3.8) is 0 Å². The summed E-state index contributed by atoms with van der Waals surface area (Å²) in [4.78, 5) is 15.9. The number of aromatic nitrogens is 2. The Labute approximate surface area is 155 Å². The van der Waals surface area contributed by atoms with E-state index in [-0.39, 0.29) is 11.4 Å². The highest BCUT2D eigenvalue weighted by atomic mass is 32.2. The highest BCUT2D eigenvalue weighted by molar-refractivity contribution is 7.90. The van der Waals surface area contributed by atoms with Gasteiger partial charge in [0, 0.05) is 17.3 Å². The van der Waals surface area contributed by atoms with Crippen LogP contribution in [0.1, 0.15) is 10.4 Å². The monoisotopic (exact) mass is 383 g/mol. The Morgan fingerprint density at radius 1 is 1.15 bits per heavy atom. The number of rotatable bonds is 5. The Kier molecular flexibility index (Phi) is 5.05. The molecule has 8 heteroatoms. The van der Waals surface area contributed by atoms with E-state index in [2.05, 4.69) is 16.2 Å². The van der Waals surface area contributed by atoms with Crippen LogP contribution in [-0.4, -0.2) is 29.8 Å². The van der Waals surface area contributed by atoms with E-state index >= 15 is 0 Å². The zero-order valence-electron chi connectivity index (χ0n) is 14.0. The minimum atomic E-state index is -3.88. The number of hydrogen-bond donors (Lipinski definition) is 1. The predicted octanol–water partition coefficient (Wildman–Crippen LogP) is 2.29. The fraction of sp³-hybridized carbons (Fsp3) is 0.0526. The standard InChI is InChI=1S/C19H14FN3O3S/c1-2-11-21-19(24)15-5-9-17(10-6-15)27(25,26)23-12-18(22-13-23)14-3-7-16(20)8-4-14/h1,3-10,12-13H,11H2,(H,21,24). The Hall–Kier alpha value is -3.44. The van der Waals surface area contributed by atoms with Crippen molar-refractivity contribution in [2.75, 3.05) is 6.54 Å². The topological polar surface area (TPSA) is 81.1 Å². The molecule has 0 fully saturated rings. The van der Waals surface area contributed by atoms with Crippen molar-refractivity contribution in [1.82, 2.24) is 14.3 Å². The van der Waals surface area contributed by atoms with Crippen LogP contribution in [0.5, 0.6) is 0 Å². The molecule has 0 aliphatic heterocycles. The molecule has 2 aromatic carbocycles. The molecule has 6 nitrogen and oxygen atoms in total. The third-order valence-electron chi connectivity index (χ3n) is 3.74. The number of carbonyl (C=O) groups is 1. The summed E-state index contributed by atoms with van der Waals surface area (Å²) in [5.74, 6) is 1.50. The number of terminal acetylenes is 1. The zero-order chi connectivity index (χ0) is 19.4. The quantitative estimate of drug-likeness (QED) is 0.686. The molecule has 1 amide bonds. The molecule has 0 unspecified atom stereocenters. The number of hydrogen-bond acceptors (Lipinski definition) is 4. The summed E-state index contributed by atoms with van der Waals surface area (Å²) in [6.45, 7) is 0.0834. The lowest BCUT2D eigenvalue weighted by atomic mass is 10.2. The third-order valence-corrected chi connectivity index (χ3v) is 5.37. The summed E-state index contributed by atoms with van der Waals surface area (Å²) >= 11 is 0. The molecule has 1 aromatic heterocycles. The van der Waals surface area contributed by atoms with Gasteiger partial charge in [-0.15, -0.1) is 6.42 Å². The van der Waals surface area contributed by atoms with E-state index in [0.717, 1.165) is 3.97 Å². The molecular formula is C19H14FN3O3S. The normalized spacial score (nSPS) is 11.0. The highest BCUT2D eigenvalue weighted by Crippen LogP contribution is 2.21. The number of halogens is 1. The molecule has 0 aliphatic rings. The summed E-state index contributed by atoms with van der Waals surface area (Å²) in [6, 6.07) is 11.0. The first kappa shape index (κ1) is 18.4. The van der Waals surface area contributed by atoms with Crippen LogP contribution < -0.4 is 5.32 Å². The molecule has 3 aromatic rings. The van der Waals surface area contributed by atoms with Crippen LogP contribution in [0.15, 0.2) is 66.0 Å². The first-order valence-corrected chi connectivity index (χ1v) is 9.23. The SMILES string of the molecule is C#CCNC(=O)c1ccc(S(=O)(=O)n2cnc(-c3ccc(F)cc3)c2)cc1. The van der Waals surface area contributed by atoms with E-state index in [9.17, 15) is 17.6 Å². The van der Waals surface area contributed by atoms with Gasteiger partial charge in [-0.3, -0.25) is 4.79 Å². The van der Waals surface area contributed by atoms with Crippen LogP contribution >= 0.6 is 0 Å². The van der Waals surface area contributed by atoms with Crippen molar-refractivity contribution >= 4 is 15.9 Å². The maximum atomic E-state index is 13.0. The zero-order valence-corrected chi connectivity index (χ0v) is 14.8. The Bertz CT molecular complexity index is 1110. The average Bonchev–Trinajstić information content (AvgIpc) is 3.18. The van der Waals surface area contributed by atoms with Crippen LogP contribution in [0.25, 0.3) is 11.3 Å². The summed E-state index contributed by atoms with van der Waals surface area (Å²) in [6.07, 6.45) is 7.59. The molecular weight excluding hydrogens is 369 g/mol. The fourth-order valence-electron chi connectivity index (χ4n) is 2.34. The fourth-order valence-corrected chi connectivity index (χ4v) is 3.47. The minimum Gasteiger partial charge on any atom is -0.341 e. The van der Waals surface area contributed by atoms with Crippen molar-refractivity contribution in [1.29, 1.82) is 0 Å². The van der Waals surface area contributed by atoms with Crippen molar-refractivity contribution in [3.8, 4) is 23.6 Å². The van der Waals surface area contributed by atoms with Crippen LogP contribution in [0, 0.1) is 18.2 Å². The van der Waals surface area contributed by atoms with Gasteiger partial charge >= 0.3 is 0 Å². The van der Waals surface area contributed by atoms with Gasteiger partial charge in [0.15, 0.2) is 0 Å². The Morgan fingerprint density at radius 3 is 2.44 bits per heavy atom. The van der Waals surface area contributed by atoms with E-state index in [4.69, 9.17) is 6.42 Å². The number of nitrogens with zero attached hydrogens (tertiary/aromatic N) is 2. The molecule has 136 valence electrons. The van der Waals surface area contributed by atoms with Gasteiger partial charge in [-0.1, -0.05) is 5.92 Å². The minimum absolute atomic E-state index is 0.000874. The van der Waals surface area contributed by atoms with E-state index < -0.39 is 21.7 Å². The summed E-state index contributed by atoms with van der Waals surface area (Å²) in [7, 11) is -3.88. The van der Waals surface area contributed by atoms with Crippen LogP contribution in [0.3, 0.4) is 0 Å². The van der Waals surface area contributed by atoms with Gasteiger partial charge in [-0.25, -0.2) is 21.8 Å². The van der Waals surface area contributed by atoms with Gasteiger partial charge in [0.25, 0.3) is 15.9 Å². The molecule has 0 radical (unpaired) electrons. The summed E-state index contributed by atoms with van der Waals surface area (Å²) in [5.41, 5.74) is 1.27. The van der Waals surface area contributed by atoms with Crippen LogP contribution in [0.2, 0.25) is 0 Å². The van der Waals surface area contributed by atoms with Gasteiger partial charge in [-0.2, -0.15) is 0 Å². The first-order chi connectivity index (χ1) is 12.9. The molecule has 3 rings (SSSR count). The lowest BCUT2D eigenvalue weighted by molar-refractivity contribution is 0.0958. The Balaban J connectivity index is 1.85. The lowest BCUT2D eigenvalue weighted by Gasteiger charge is -2.06. The van der Waals surface area contributed by atoms with Gasteiger partial charge < -0.3 is 5.32 Å². The van der Waals surface area contributed by atoms with Crippen molar-refractivity contribution < 1.29 is 17.6 Å². The number of imidazole rings is 1. The lowest BCUT2D eigenvalue weighted by Crippen LogP contribution is -2.23. The van der Waals surface area contributed by atoms with E-state index in [0.29, 0.717) is 16.8 Å². The summed E-state index contributed by atoms with van der Waals surface area (Å²) < 4.78 is 39.4. The molecule has 0 aliphatic carbocycles. The third kappa shape index (κ3) is 3.88. The number of nitrogens with one attached hydrogen (secondary N) is 1. The molecule has 27 heavy (non-hydrogen) atoms. The van der Waals surface area contributed by atoms with Crippen molar-refractivity contribution in [2.24, 2.45) is 0 Å². The molecule has 1 heterocycles. The van der Waals surface area contributed by atoms with Gasteiger partial charge in [0.05, 0.1) is 17.1 Å². The maximum absolute atomic E-state index is 13.0. The van der Waals surface area contributed by atoms with E-state index in [1.807, 2.05) is 0 Å². The van der Waals surface area contributed by atoms with E-state index in [1.54, 1.807) is 0 Å². The molecule has 0 saturated heterocycles. The summed E-state index contributed by atoms with van der Waals surface area (Å²) in [5, 5.41) is 2.50. The van der Waals surface area contributed by atoms with Crippen molar-refractivity contribution in [3.05, 3.63) is 72.4 Å². The van der Waals surface area contributed by atoms with Gasteiger partial charge in [-0.05, 0) is 48.5 Å². The first-order valence-electron chi connectivity index (χ1n) is 7.79. The maximum Gasteiger partial charge on any atom is 0.268 e. The van der Waals surface area contributed by atoms with Crippen molar-refractivity contribution in [2.45, 2.75) is 4.90 Å². The average molecular weight is 383 g/mol. The molecule has 0 spiro atoms. The van der Waals surface area contributed by atoms with Gasteiger partial charge in [0.2, 0.25) is 0 Å². The smallest absolute Gasteiger partial charge is 0.268 e. The second-order valence-corrected chi connectivity index (χ2v) is 7.36. The Morgan fingerprint density at radius 2 is 1.81 bits per heavy atom. The second-order valence-electron chi connectivity index (χ2n) is 5.51. The molecule has 1 N–H and O–H groups in total. The largest absolute Gasteiger partial charge is 0.341 e. The predicted molar refractivity (Wildman–Crippen MR) is 97.8 cm³/mol. The molecule has 0 atom stereocenters. The number of carbonyl (C=O) groups excluding carboxylic acids is 1. The highest BCUT2D eigenvalue weighted by Gasteiger charge is 2.18. The molecule has 0 saturated carbocycles. The number of amides is 1. The number of benzene rings is 2. The molecule has 0 bridgehead atoms. The van der Waals surface area contributed by atoms with E-state index in [1.165, 1.54) is 61.1 Å². The second kappa shape index (κ2) is 7.43.